The number of para-hydroxylation sites is 2. The molecular formula is C23H28N2O2. The molecule has 4 heteroatoms. The summed E-state index contributed by atoms with van der Waals surface area (Å²) in [6, 6.07) is 16.3. The first-order valence-electron chi connectivity index (χ1n) is 9.42. The summed E-state index contributed by atoms with van der Waals surface area (Å²) in [6.07, 6.45) is 0. The molecule has 4 nitrogen and oxygen atoms in total. The number of ether oxygens (including phenoxy) is 1. The molecular weight excluding hydrogens is 336 g/mol. The Bertz CT molecular complexity index is 960. The standard InChI is InChI=1S/C23H28N2O2/c1-7-27-21(26)23(5,6)25-19-11-9-8-10-18(19)24-20(25)16-12-14-17(15-13-16)22(2,3)4/h8-15H,7H2,1-6H3. The summed E-state index contributed by atoms with van der Waals surface area (Å²) >= 11 is 0. The van der Waals surface area contributed by atoms with Crippen molar-refractivity contribution in [1.82, 2.24) is 9.55 Å². The molecule has 0 fully saturated rings. The summed E-state index contributed by atoms with van der Waals surface area (Å²) in [6.45, 7) is 12.5. The fourth-order valence-corrected chi connectivity index (χ4v) is 3.30. The van der Waals surface area contributed by atoms with E-state index in [-0.39, 0.29) is 11.4 Å². The molecule has 0 bridgehead atoms. The Kier molecular flexibility index (Phi) is 4.85. The van der Waals surface area contributed by atoms with Crippen LogP contribution in [0.4, 0.5) is 0 Å². The summed E-state index contributed by atoms with van der Waals surface area (Å²) < 4.78 is 7.34. The van der Waals surface area contributed by atoms with Gasteiger partial charge in [-0.2, -0.15) is 0 Å². The lowest BCUT2D eigenvalue weighted by Gasteiger charge is -2.27. The van der Waals surface area contributed by atoms with Gasteiger partial charge in [0.25, 0.3) is 0 Å². The second kappa shape index (κ2) is 6.84. The van der Waals surface area contributed by atoms with E-state index in [4.69, 9.17) is 9.72 Å². The molecule has 0 aliphatic carbocycles. The van der Waals surface area contributed by atoms with Crippen LogP contribution in [0.25, 0.3) is 22.4 Å². The van der Waals surface area contributed by atoms with Gasteiger partial charge in [0, 0.05) is 5.56 Å². The van der Waals surface area contributed by atoms with Crippen molar-refractivity contribution in [2.75, 3.05) is 6.61 Å². The minimum atomic E-state index is -0.871. The molecule has 0 spiro atoms. The Morgan fingerprint density at radius 1 is 1.00 bits per heavy atom. The zero-order valence-corrected chi connectivity index (χ0v) is 17.0. The van der Waals surface area contributed by atoms with Gasteiger partial charge in [0.1, 0.15) is 11.4 Å². The minimum Gasteiger partial charge on any atom is -0.464 e. The van der Waals surface area contributed by atoms with Crippen molar-refractivity contribution in [2.45, 2.75) is 52.5 Å². The average Bonchev–Trinajstić information content (AvgIpc) is 3.01. The maximum Gasteiger partial charge on any atom is 0.331 e. The molecule has 2 aromatic carbocycles. The number of fused-ring (bicyclic) bond motifs is 1. The lowest BCUT2D eigenvalue weighted by Crippen LogP contribution is -2.37. The number of imidazole rings is 1. The van der Waals surface area contributed by atoms with Crippen LogP contribution in [0, 0.1) is 0 Å². The largest absolute Gasteiger partial charge is 0.464 e. The number of carbonyl (C=O) groups excluding carboxylic acids is 1. The normalized spacial score (nSPS) is 12.4. The molecule has 0 atom stereocenters. The highest BCUT2D eigenvalue weighted by Gasteiger charge is 2.35. The van der Waals surface area contributed by atoms with E-state index in [2.05, 4.69) is 45.0 Å². The first kappa shape index (κ1) is 19.2. The predicted octanol–water partition coefficient (Wildman–Crippen LogP) is 5.30. The molecule has 27 heavy (non-hydrogen) atoms. The van der Waals surface area contributed by atoms with Gasteiger partial charge in [0.2, 0.25) is 0 Å². The van der Waals surface area contributed by atoms with Gasteiger partial charge >= 0.3 is 5.97 Å². The Hall–Kier alpha value is -2.62. The predicted molar refractivity (Wildman–Crippen MR) is 110 cm³/mol. The van der Waals surface area contributed by atoms with Crippen molar-refractivity contribution in [3.63, 3.8) is 0 Å². The summed E-state index contributed by atoms with van der Waals surface area (Å²) in [5.74, 6) is 0.510. The zero-order chi connectivity index (χ0) is 19.8. The van der Waals surface area contributed by atoms with E-state index in [0.717, 1.165) is 22.4 Å². The molecule has 142 valence electrons. The monoisotopic (exact) mass is 364 g/mol. The number of benzene rings is 2. The summed E-state index contributed by atoms with van der Waals surface area (Å²) in [7, 11) is 0. The van der Waals surface area contributed by atoms with Crippen LogP contribution in [-0.4, -0.2) is 22.1 Å². The van der Waals surface area contributed by atoms with E-state index >= 15 is 0 Å². The SMILES string of the molecule is CCOC(=O)C(C)(C)n1c(-c2ccc(C(C)(C)C)cc2)nc2ccccc21. The lowest BCUT2D eigenvalue weighted by atomic mass is 9.86. The highest BCUT2D eigenvalue weighted by atomic mass is 16.5. The van der Waals surface area contributed by atoms with Crippen LogP contribution in [0.5, 0.6) is 0 Å². The Balaban J connectivity index is 2.20. The van der Waals surface area contributed by atoms with E-state index < -0.39 is 5.54 Å². The molecule has 3 aromatic rings. The molecule has 0 amide bonds. The van der Waals surface area contributed by atoms with Gasteiger partial charge < -0.3 is 9.30 Å². The Labute approximate surface area is 161 Å². The molecule has 0 aliphatic rings. The second-order valence-corrected chi connectivity index (χ2v) is 8.37. The number of esters is 1. The van der Waals surface area contributed by atoms with Crippen molar-refractivity contribution < 1.29 is 9.53 Å². The molecule has 1 heterocycles. The van der Waals surface area contributed by atoms with Gasteiger partial charge in [-0.25, -0.2) is 9.78 Å². The zero-order valence-electron chi connectivity index (χ0n) is 17.0. The van der Waals surface area contributed by atoms with Crippen LogP contribution in [0.2, 0.25) is 0 Å². The van der Waals surface area contributed by atoms with Gasteiger partial charge in [0.05, 0.1) is 17.6 Å². The summed E-state index contributed by atoms with van der Waals surface area (Å²) in [4.78, 5) is 17.5. The third-order valence-corrected chi connectivity index (χ3v) is 4.90. The average molecular weight is 364 g/mol. The number of rotatable bonds is 4. The Morgan fingerprint density at radius 3 is 2.22 bits per heavy atom. The van der Waals surface area contributed by atoms with Crippen LogP contribution < -0.4 is 0 Å². The molecule has 0 radical (unpaired) electrons. The lowest BCUT2D eigenvalue weighted by molar-refractivity contribution is -0.151. The first-order chi connectivity index (χ1) is 12.7. The third-order valence-electron chi connectivity index (χ3n) is 4.90. The van der Waals surface area contributed by atoms with Crippen LogP contribution in [0.3, 0.4) is 0 Å². The molecule has 1 aromatic heterocycles. The topological polar surface area (TPSA) is 44.1 Å². The van der Waals surface area contributed by atoms with E-state index in [1.165, 1.54) is 5.56 Å². The summed E-state index contributed by atoms with van der Waals surface area (Å²) in [5.41, 5.74) is 3.25. The highest BCUT2D eigenvalue weighted by molar-refractivity contribution is 5.86. The van der Waals surface area contributed by atoms with Gasteiger partial charge in [-0.3, -0.25) is 0 Å². The molecule has 0 N–H and O–H groups in total. The van der Waals surface area contributed by atoms with Crippen LogP contribution in [0.15, 0.2) is 48.5 Å². The molecule has 3 rings (SSSR count). The minimum absolute atomic E-state index is 0.0862. The highest BCUT2D eigenvalue weighted by Crippen LogP contribution is 2.33. The quantitative estimate of drug-likeness (QED) is 0.590. The van der Waals surface area contributed by atoms with Gasteiger partial charge in [-0.1, -0.05) is 57.2 Å². The van der Waals surface area contributed by atoms with Crippen LogP contribution in [0.1, 0.15) is 47.1 Å². The Morgan fingerprint density at radius 2 is 1.63 bits per heavy atom. The van der Waals surface area contributed by atoms with Gasteiger partial charge in [-0.05, 0) is 43.9 Å². The number of carbonyl (C=O) groups is 1. The van der Waals surface area contributed by atoms with Crippen molar-refractivity contribution in [3.8, 4) is 11.4 Å². The van der Waals surface area contributed by atoms with Gasteiger partial charge in [0.15, 0.2) is 0 Å². The van der Waals surface area contributed by atoms with Crippen molar-refractivity contribution >= 4 is 17.0 Å². The maximum atomic E-state index is 12.7. The maximum absolute atomic E-state index is 12.7. The molecule has 0 aliphatic heterocycles. The molecule has 0 saturated carbocycles. The van der Waals surface area contributed by atoms with Crippen molar-refractivity contribution in [1.29, 1.82) is 0 Å². The van der Waals surface area contributed by atoms with Crippen LogP contribution in [-0.2, 0) is 20.5 Å². The van der Waals surface area contributed by atoms with Crippen LogP contribution >= 0.6 is 0 Å². The van der Waals surface area contributed by atoms with Crippen molar-refractivity contribution in [2.24, 2.45) is 0 Å². The summed E-state index contributed by atoms with van der Waals surface area (Å²) in [5, 5.41) is 0. The fraction of sp³-hybridized carbons (Fsp3) is 0.391. The second-order valence-electron chi connectivity index (χ2n) is 8.37. The number of hydrogen-bond donors (Lipinski definition) is 0. The third kappa shape index (κ3) is 3.48. The van der Waals surface area contributed by atoms with E-state index in [9.17, 15) is 4.79 Å². The molecule has 0 saturated heterocycles. The number of nitrogens with zero attached hydrogens (tertiary/aromatic N) is 2. The van der Waals surface area contributed by atoms with Crippen molar-refractivity contribution in [3.05, 3.63) is 54.1 Å². The first-order valence-corrected chi connectivity index (χ1v) is 9.42. The van der Waals surface area contributed by atoms with E-state index in [1.54, 1.807) is 0 Å². The van der Waals surface area contributed by atoms with Gasteiger partial charge in [-0.15, -0.1) is 0 Å². The number of aromatic nitrogens is 2. The van der Waals surface area contributed by atoms with E-state index in [1.807, 2.05) is 49.6 Å². The smallest absolute Gasteiger partial charge is 0.331 e. The fourth-order valence-electron chi connectivity index (χ4n) is 3.30. The molecule has 0 unspecified atom stereocenters. The van der Waals surface area contributed by atoms with E-state index in [0.29, 0.717) is 6.61 Å². The number of hydrogen-bond acceptors (Lipinski definition) is 3.